The lowest BCUT2D eigenvalue weighted by molar-refractivity contribution is -0.138. The van der Waals surface area contributed by atoms with Gasteiger partial charge in [0.15, 0.2) is 0 Å². The molecule has 0 aliphatic rings. The van der Waals surface area contributed by atoms with Gasteiger partial charge in [0.1, 0.15) is 0 Å². The number of carboxylic acids is 1. The summed E-state index contributed by atoms with van der Waals surface area (Å²) >= 11 is 0. The van der Waals surface area contributed by atoms with E-state index in [0.717, 1.165) is 5.56 Å². The summed E-state index contributed by atoms with van der Waals surface area (Å²) in [7, 11) is 0. The molecular weight excluding hydrogens is 262 g/mol. The average Bonchev–Trinajstić information content (AvgIpc) is 2.48. The van der Waals surface area contributed by atoms with Gasteiger partial charge in [-0.2, -0.15) is 0 Å². The number of carbonyl (C=O) groups is 1. The van der Waals surface area contributed by atoms with E-state index in [0.29, 0.717) is 6.54 Å². The molecule has 0 bridgehead atoms. The van der Waals surface area contributed by atoms with Crippen molar-refractivity contribution in [1.29, 1.82) is 0 Å². The Morgan fingerprint density at radius 2 is 1.71 bits per heavy atom. The second-order valence-electron chi connectivity index (χ2n) is 5.29. The molecule has 2 rings (SSSR count). The minimum atomic E-state index is -0.800. The predicted octanol–water partition coefficient (Wildman–Crippen LogP) is 3.51. The van der Waals surface area contributed by atoms with Crippen LogP contribution in [0.25, 0.3) is 0 Å². The lowest BCUT2D eigenvalue weighted by atomic mass is 9.97. The molecule has 0 saturated heterocycles. The van der Waals surface area contributed by atoms with Crippen molar-refractivity contribution >= 4 is 5.97 Å². The number of hydrogen-bond acceptors (Lipinski definition) is 2. The Balaban J connectivity index is 2.06. The van der Waals surface area contributed by atoms with Gasteiger partial charge in [-0.3, -0.25) is 4.79 Å². The van der Waals surface area contributed by atoms with E-state index < -0.39 is 11.9 Å². The molecule has 2 N–H and O–H groups in total. The van der Waals surface area contributed by atoms with Crippen LogP contribution in [0, 0.1) is 6.92 Å². The third-order valence-electron chi connectivity index (χ3n) is 3.78. The molecule has 0 saturated carbocycles. The number of carboxylic acid groups (broad SMARTS) is 1. The van der Waals surface area contributed by atoms with Gasteiger partial charge in [0.05, 0.1) is 5.92 Å². The Labute approximate surface area is 125 Å². The Hall–Kier alpha value is -2.13. The van der Waals surface area contributed by atoms with E-state index in [4.69, 9.17) is 0 Å². The number of benzene rings is 2. The van der Waals surface area contributed by atoms with E-state index in [1.54, 1.807) is 0 Å². The van der Waals surface area contributed by atoms with Gasteiger partial charge < -0.3 is 10.4 Å². The lowest BCUT2D eigenvalue weighted by Crippen LogP contribution is -2.29. The van der Waals surface area contributed by atoms with Crippen LogP contribution in [-0.4, -0.2) is 17.6 Å². The van der Waals surface area contributed by atoms with Gasteiger partial charge in [-0.05, 0) is 30.5 Å². The van der Waals surface area contributed by atoms with Crippen molar-refractivity contribution in [3.63, 3.8) is 0 Å². The molecular formula is C18H21NO2. The monoisotopic (exact) mass is 283 g/mol. The number of hydrogen-bond donors (Lipinski definition) is 2. The molecule has 0 aromatic heterocycles. The first-order valence-electron chi connectivity index (χ1n) is 7.16. The Morgan fingerprint density at radius 3 is 2.33 bits per heavy atom. The maximum atomic E-state index is 11.5. The van der Waals surface area contributed by atoms with E-state index in [1.165, 1.54) is 11.1 Å². The van der Waals surface area contributed by atoms with Crippen molar-refractivity contribution < 1.29 is 9.90 Å². The second kappa shape index (κ2) is 7.04. The molecule has 0 spiro atoms. The molecule has 1 unspecified atom stereocenters. The van der Waals surface area contributed by atoms with Crippen LogP contribution in [0.1, 0.15) is 35.6 Å². The molecule has 0 radical (unpaired) electrons. The third kappa shape index (κ3) is 3.92. The van der Waals surface area contributed by atoms with Gasteiger partial charge in [0.2, 0.25) is 0 Å². The van der Waals surface area contributed by atoms with Crippen LogP contribution in [-0.2, 0) is 4.79 Å². The second-order valence-corrected chi connectivity index (χ2v) is 5.29. The Kier molecular flexibility index (Phi) is 5.12. The van der Waals surface area contributed by atoms with Crippen molar-refractivity contribution in [3.05, 3.63) is 71.3 Å². The number of aryl methyl sites for hydroxylation is 1. The van der Waals surface area contributed by atoms with Gasteiger partial charge in [-0.25, -0.2) is 0 Å². The van der Waals surface area contributed by atoms with Gasteiger partial charge in [-0.15, -0.1) is 0 Å². The van der Waals surface area contributed by atoms with Gasteiger partial charge >= 0.3 is 5.97 Å². The standard InChI is InChI=1S/C18H21NO2/c1-13-8-6-7-11-16(13)14(2)19-12-17(18(20)21)15-9-4-3-5-10-15/h3-11,14,17,19H,12H2,1-2H3,(H,20,21)/t14-,17?/m1/s1. The SMILES string of the molecule is Cc1ccccc1[C@@H](C)NCC(C(=O)O)c1ccccc1. The van der Waals surface area contributed by atoms with Gasteiger partial charge in [0, 0.05) is 12.6 Å². The van der Waals surface area contributed by atoms with E-state index >= 15 is 0 Å². The van der Waals surface area contributed by atoms with Crippen LogP contribution in [0.5, 0.6) is 0 Å². The van der Waals surface area contributed by atoms with Crippen LogP contribution in [0.15, 0.2) is 54.6 Å². The molecule has 3 heteroatoms. The van der Waals surface area contributed by atoms with Crippen LogP contribution in [0.4, 0.5) is 0 Å². The highest BCUT2D eigenvalue weighted by Gasteiger charge is 2.20. The molecule has 0 heterocycles. The molecule has 2 atom stereocenters. The van der Waals surface area contributed by atoms with E-state index in [-0.39, 0.29) is 6.04 Å². The van der Waals surface area contributed by atoms with Crippen LogP contribution >= 0.6 is 0 Å². The highest BCUT2D eigenvalue weighted by molar-refractivity contribution is 5.76. The first-order chi connectivity index (χ1) is 10.1. The van der Waals surface area contributed by atoms with Crippen LogP contribution < -0.4 is 5.32 Å². The molecule has 0 aliphatic heterocycles. The van der Waals surface area contributed by atoms with Crippen molar-refractivity contribution in [2.24, 2.45) is 0 Å². The zero-order valence-electron chi connectivity index (χ0n) is 12.4. The van der Waals surface area contributed by atoms with E-state index in [2.05, 4.69) is 31.3 Å². The molecule has 0 fully saturated rings. The maximum absolute atomic E-state index is 11.5. The topological polar surface area (TPSA) is 49.3 Å². The zero-order valence-corrected chi connectivity index (χ0v) is 12.4. The fourth-order valence-electron chi connectivity index (χ4n) is 2.51. The van der Waals surface area contributed by atoms with Gasteiger partial charge in [-0.1, -0.05) is 54.6 Å². The molecule has 3 nitrogen and oxygen atoms in total. The van der Waals surface area contributed by atoms with Crippen LogP contribution in [0.2, 0.25) is 0 Å². The van der Waals surface area contributed by atoms with Gasteiger partial charge in [0.25, 0.3) is 0 Å². The minimum Gasteiger partial charge on any atom is -0.481 e. The molecule has 21 heavy (non-hydrogen) atoms. The van der Waals surface area contributed by atoms with E-state index in [9.17, 15) is 9.90 Å². The third-order valence-corrected chi connectivity index (χ3v) is 3.78. The largest absolute Gasteiger partial charge is 0.481 e. The average molecular weight is 283 g/mol. The molecule has 110 valence electrons. The number of aliphatic carboxylic acids is 1. The van der Waals surface area contributed by atoms with Crippen molar-refractivity contribution in [3.8, 4) is 0 Å². The normalized spacial score (nSPS) is 13.6. The van der Waals surface area contributed by atoms with Crippen molar-refractivity contribution in [1.82, 2.24) is 5.32 Å². The van der Waals surface area contributed by atoms with Crippen LogP contribution in [0.3, 0.4) is 0 Å². The first kappa shape index (κ1) is 15.3. The highest BCUT2D eigenvalue weighted by atomic mass is 16.4. The summed E-state index contributed by atoms with van der Waals surface area (Å²) < 4.78 is 0. The summed E-state index contributed by atoms with van der Waals surface area (Å²) in [5.74, 6) is -1.33. The van der Waals surface area contributed by atoms with E-state index in [1.807, 2.05) is 42.5 Å². The van der Waals surface area contributed by atoms with Crippen molar-refractivity contribution in [2.75, 3.05) is 6.54 Å². The molecule has 0 amide bonds. The molecule has 2 aromatic carbocycles. The quantitative estimate of drug-likeness (QED) is 0.853. The molecule has 2 aromatic rings. The smallest absolute Gasteiger partial charge is 0.312 e. The zero-order chi connectivity index (χ0) is 15.2. The Morgan fingerprint density at radius 1 is 1.10 bits per heavy atom. The minimum absolute atomic E-state index is 0.122. The highest BCUT2D eigenvalue weighted by Crippen LogP contribution is 2.19. The summed E-state index contributed by atoms with van der Waals surface area (Å²) in [5, 5.41) is 12.8. The lowest BCUT2D eigenvalue weighted by Gasteiger charge is -2.20. The maximum Gasteiger partial charge on any atom is 0.312 e. The molecule has 0 aliphatic carbocycles. The number of rotatable bonds is 6. The predicted molar refractivity (Wildman–Crippen MR) is 84.4 cm³/mol. The van der Waals surface area contributed by atoms with Crippen molar-refractivity contribution in [2.45, 2.75) is 25.8 Å². The Bertz CT molecular complexity index is 595. The fourth-order valence-corrected chi connectivity index (χ4v) is 2.51. The fraction of sp³-hybridized carbons (Fsp3) is 0.278. The summed E-state index contributed by atoms with van der Waals surface area (Å²) in [5.41, 5.74) is 3.24. The first-order valence-corrected chi connectivity index (χ1v) is 7.16. The summed E-state index contributed by atoms with van der Waals surface area (Å²) in [6.45, 7) is 4.54. The summed E-state index contributed by atoms with van der Waals surface area (Å²) in [4.78, 5) is 11.5. The number of nitrogens with one attached hydrogen (secondary N) is 1. The summed E-state index contributed by atoms with van der Waals surface area (Å²) in [6.07, 6.45) is 0. The summed E-state index contributed by atoms with van der Waals surface area (Å²) in [6, 6.07) is 17.6.